The third kappa shape index (κ3) is 3.18. The van der Waals surface area contributed by atoms with Gasteiger partial charge in [0.1, 0.15) is 6.04 Å². The van der Waals surface area contributed by atoms with Gasteiger partial charge >= 0.3 is 6.09 Å². The van der Waals surface area contributed by atoms with E-state index in [0.29, 0.717) is 12.8 Å². The van der Waals surface area contributed by atoms with E-state index in [4.69, 9.17) is 4.74 Å². The average Bonchev–Trinajstić information content (AvgIpc) is 3.08. The Morgan fingerprint density at radius 3 is 2.50 bits per heavy atom. The second-order valence-corrected chi connectivity index (χ2v) is 6.47. The predicted octanol–water partition coefficient (Wildman–Crippen LogP) is 4.19. The molecule has 0 radical (unpaired) electrons. The van der Waals surface area contributed by atoms with Crippen molar-refractivity contribution >= 4 is 22.6 Å². The number of hydrogen-bond donors (Lipinski definition) is 1. The minimum atomic E-state index is -0.794. The molecule has 0 bridgehead atoms. The Hall–Kier alpha value is -3.14. The van der Waals surface area contributed by atoms with Crippen LogP contribution in [0.2, 0.25) is 0 Å². The Labute approximate surface area is 151 Å². The number of alkyl carbamates (subject to hydrolysis) is 1. The number of nitrogens with one attached hydrogen (secondary N) is 1. The van der Waals surface area contributed by atoms with Gasteiger partial charge in [0.2, 0.25) is 0 Å². The van der Waals surface area contributed by atoms with Crippen LogP contribution >= 0.6 is 0 Å². The quantitative estimate of drug-likeness (QED) is 0.754. The van der Waals surface area contributed by atoms with Gasteiger partial charge in [-0.15, -0.1) is 0 Å². The van der Waals surface area contributed by atoms with Gasteiger partial charge in [-0.2, -0.15) is 0 Å². The summed E-state index contributed by atoms with van der Waals surface area (Å²) in [5.74, 6) is -0.0647. The van der Waals surface area contributed by atoms with Crippen LogP contribution in [0.25, 0.3) is 10.8 Å². The molecule has 0 aliphatic carbocycles. The molecule has 0 spiro atoms. The molecule has 1 aliphatic heterocycles. The predicted molar refractivity (Wildman–Crippen MR) is 99.9 cm³/mol. The Bertz CT molecular complexity index is 947. The highest BCUT2D eigenvalue weighted by Gasteiger charge is 2.40. The molecule has 1 aliphatic rings. The number of cyclic esters (lactones) is 1. The minimum absolute atomic E-state index is 0.0647. The zero-order valence-electron chi connectivity index (χ0n) is 14.2. The van der Waals surface area contributed by atoms with Gasteiger partial charge in [0.15, 0.2) is 11.9 Å². The summed E-state index contributed by atoms with van der Waals surface area (Å²) in [6.45, 7) is 0. The van der Waals surface area contributed by atoms with Gasteiger partial charge in [-0.25, -0.2) is 4.79 Å². The summed E-state index contributed by atoms with van der Waals surface area (Å²) >= 11 is 0. The number of carbonyl (C=O) groups is 2. The number of aryl methyl sites for hydroxylation is 1. The van der Waals surface area contributed by atoms with Crippen LogP contribution in [0.4, 0.5) is 4.79 Å². The second kappa shape index (κ2) is 7.00. The molecule has 1 heterocycles. The van der Waals surface area contributed by atoms with Gasteiger partial charge in [-0.1, -0.05) is 72.8 Å². The van der Waals surface area contributed by atoms with Crippen molar-refractivity contribution < 1.29 is 14.3 Å². The summed E-state index contributed by atoms with van der Waals surface area (Å²) in [7, 11) is 0. The fraction of sp³-hybridized carbons (Fsp3) is 0.182. The number of rotatable bonds is 5. The maximum Gasteiger partial charge on any atom is 0.408 e. The van der Waals surface area contributed by atoms with Crippen LogP contribution in [0.1, 0.15) is 23.6 Å². The number of ketones is 1. The van der Waals surface area contributed by atoms with Crippen molar-refractivity contribution in [2.45, 2.75) is 25.0 Å². The van der Waals surface area contributed by atoms with E-state index in [0.717, 1.165) is 21.9 Å². The molecule has 1 N–H and O–H groups in total. The highest BCUT2D eigenvalue weighted by Crippen LogP contribution is 2.31. The molecular weight excluding hydrogens is 326 g/mol. The van der Waals surface area contributed by atoms with Gasteiger partial charge in [0, 0.05) is 6.42 Å². The van der Waals surface area contributed by atoms with Crippen LogP contribution in [0.5, 0.6) is 0 Å². The molecule has 3 aromatic carbocycles. The van der Waals surface area contributed by atoms with Gasteiger partial charge in [-0.05, 0) is 28.3 Å². The van der Waals surface area contributed by atoms with Crippen LogP contribution in [0.15, 0.2) is 72.8 Å². The topological polar surface area (TPSA) is 55.4 Å². The summed E-state index contributed by atoms with van der Waals surface area (Å²) < 4.78 is 5.33. The van der Waals surface area contributed by atoms with E-state index in [1.165, 1.54) is 0 Å². The van der Waals surface area contributed by atoms with Gasteiger partial charge in [0.25, 0.3) is 0 Å². The second-order valence-electron chi connectivity index (χ2n) is 6.47. The van der Waals surface area contributed by atoms with Crippen LogP contribution < -0.4 is 5.32 Å². The molecule has 4 nitrogen and oxygen atoms in total. The minimum Gasteiger partial charge on any atom is -0.436 e. The molecule has 1 fully saturated rings. The number of hydrogen-bond acceptors (Lipinski definition) is 3. The van der Waals surface area contributed by atoms with Crippen molar-refractivity contribution in [3.8, 4) is 0 Å². The smallest absolute Gasteiger partial charge is 0.408 e. The number of carbonyl (C=O) groups excluding carboxylic acids is 2. The first-order chi connectivity index (χ1) is 12.7. The average molecular weight is 345 g/mol. The Morgan fingerprint density at radius 2 is 1.65 bits per heavy atom. The fourth-order valence-electron chi connectivity index (χ4n) is 3.49. The Balaban J connectivity index is 1.59. The van der Waals surface area contributed by atoms with E-state index in [1.807, 2.05) is 72.8 Å². The maximum absolute atomic E-state index is 12.8. The molecular formula is C22H19NO3. The molecule has 0 unspecified atom stereocenters. The van der Waals surface area contributed by atoms with Crippen LogP contribution in [-0.4, -0.2) is 18.0 Å². The van der Waals surface area contributed by atoms with Crippen LogP contribution in [-0.2, 0) is 16.0 Å². The third-order valence-electron chi connectivity index (χ3n) is 4.79. The summed E-state index contributed by atoms with van der Waals surface area (Å²) in [5.41, 5.74) is 2.01. The van der Waals surface area contributed by atoms with E-state index in [1.54, 1.807) is 0 Å². The van der Waals surface area contributed by atoms with Crippen molar-refractivity contribution in [2.24, 2.45) is 0 Å². The fourth-order valence-corrected chi connectivity index (χ4v) is 3.49. The van der Waals surface area contributed by atoms with Gasteiger partial charge < -0.3 is 10.1 Å². The van der Waals surface area contributed by atoms with E-state index in [9.17, 15) is 9.59 Å². The van der Waals surface area contributed by atoms with Gasteiger partial charge in [0.05, 0.1) is 0 Å². The molecule has 1 saturated heterocycles. The van der Waals surface area contributed by atoms with Crippen molar-refractivity contribution in [3.63, 3.8) is 0 Å². The third-order valence-corrected chi connectivity index (χ3v) is 4.79. The lowest BCUT2D eigenvalue weighted by atomic mass is 9.92. The lowest BCUT2D eigenvalue weighted by Crippen LogP contribution is -2.29. The summed E-state index contributed by atoms with van der Waals surface area (Å²) in [5, 5.41) is 4.90. The monoisotopic (exact) mass is 345 g/mol. The summed E-state index contributed by atoms with van der Waals surface area (Å²) in [6.07, 6.45) is -0.362. The standard InChI is InChI=1S/C22H19NO3/c24-19(14-13-15-7-2-1-3-8-15)21-20(23-22(25)26-21)18-12-6-10-16-9-4-5-11-17(16)18/h1-12,20-21H,13-14H2,(H,23,25)/t20-,21-/m0/s1. The summed E-state index contributed by atoms with van der Waals surface area (Å²) in [6, 6.07) is 23.2. The number of amides is 1. The number of ether oxygens (including phenoxy) is 1. The highest BCUT2D eigenvalue weighted by molar-refractivity contribution is 5.92. The Morgan fingerprint density at radius 1 is 0.923 bits per heavy atom. The zero-order valence-corrected chi connectivity index (χ0v) is 14.2. The number of fused-ring (bicyclic) bond motifs is 1. The molecule has 1 amide bonds. The Kier molecular flexibility index (Phi) is 4.40. The first-order valence-electron chi connectivity index (χ1n) is 8.74. The van der Waals surface area contributed by atoms with Crippen molar-refractivity contribution in [1.82, 2.24) is 5.32 Å². The molecule has 26 heavy (non-hydrogen) atoms. The van der Waals surface area contributed by atoms with Crippen LogP contribution in [0, 0.1) is 0 Å². The van der Waals surface area contributed by atoms with E-state index >= 15 is 0 Å². The van der Waals surface area contributed by atoms with E-state index in [2.05, 4.69) is 5.32 Å². The van der Waals surface area contributed by atoms with Crippen molar-refractivity contribution in [3.05, 3.63) is 83.9 Å². The first-order valence-corrected chi connectivity index (χ1v) is 8.74. The van der Waals surface area contributed by atoms with Crippen LogP contribution in [0.3, 0.4) is 0 Å². The molecule has 2 atom stereocenters. The lowest BCUT2D eigenvalue weighted by Gasteiger charge is -2.18. The van der Waals surface area contributed by atoms with Crippen molar-refractivity contribution in [1.29, 1.82) is 0 Å². The maximum atomic E-state index is 12.8. The van der Waals surface area contributed by atoms with E-state index in [-0.39, 0.29) is 5.78 Å². The lowest BCUT2D eigenvalue weighted by molar-refractivity contribution is -0.126. The number of benzene rings is 3. The molecule has 3 aromatic rings. The van der Waals surface area contributed by atoms with Gasteiger partial charge in [-0.3, -0.25) is 4.79 Å². The SMILES string of the molecule is O=C1N[C@@H](c2cccc3ccccc23)[C@H](C(=O)CCc2ccccc2)O1. The number of Topliss-reactive ketones (excluding diaryl/α,β-unsaturated/α-hetero) is 1. The molecule has 0 saturated carbocycles. The highest BCUT2D eigenvalue weighted by atomic mass is 16.6. The zero-order chi connectivity index (χ0) is 17.9. The molecule has 4 rings (SSSR count). The first kappa shape index (κ1) is 16.3. The summed E-state index contributed by atoms with van der Waals surface area (Å²) in [4.78, 5) is 24.6. The molecule has 4 heteroatoms. The normalized spacial score (nSPS) is 19.2. The van der Waals surface area contributed by atoms with Crippen molar-refractivity contribution in [2.75, 3.05) is 0 Å². The molecule has 0 aromatic heterocycles. The largest absolute Gasteiger partial charge is 0.436 e. The van der Waals surface area contributed by atoms with E-state index < -0.39 is 18.2 Å². The molecule has 130 valence electrons.